The lowest BCUT2D eigenvalue weighted by atomic mass is 10.1. The monoisotopic (exact) mass is 273 g/mol. The average molecular weight is 273 g/mol. The number of rotatable bonds is 2. The van der Waals surface area contributed by atoms with Crippen molar-refractivity contribution < 1.29 is 4.79 Å². The Morgan fingerprint density at radius 2 is 1.86 bits per heavy atom. The first-order valence-electron chi connectivity index (χ1n) is 7.20. The van der Waals surface area contributed by atoms with E-state index in [0.29, 0.717) is 6.04 Å². The molecule has 2 heteroatoms. The van der Waals surface area contributed by atoms with Crippen molar-refractivity contribution in [3.05, 3.63) is 72.3 Å². The fourth-order valence-electron chi connectivity index (χ4n) is 3.21. The van der Waals surface area contributed by atoms with Gasteiger partial charge >= 0.3 is 0 Å². The van der Waals surface area contributed by atoms with Gasteiger partial charge in [0.2, 0.25) is 0 Å². The highest BCUT2D eigenvalue weighted by Crippen LogP contribution is 2.34. The molecule has 3 aromatic rings. The van der Waals surface area contributed by atoms with Crippen LogP contribution < -0.4 is 0 Å². The molecule has 0 N–H and O–H groups in total. The number of aldehydes is 1. The van der Waals surface area contributed by atoms with Crippen LogP contribution in [0.3, 0.4) is 0 Å². The van der Waals surface area contributed by atoms with E-state index < -0.39 is 0 Å². The molecule has 0 aliphatic heterocycles. The zero-order chi connectivity index (χ0) is 14.2. The minimum atomic E-state index is 0.333. The highest BCUT2D eigenvalue weighted by molar-refractivity contribution is 6.09. The van der Waals surface area contributed by atoms with Gasteiger partial charge in [0, 0.05) is 27.4 Å². The SMILES string of the molecule is O=Cc1ccc2c(c1)c1ccccc1n2C1C=CC=CC1. The molecule has 1 aliphatic rings. The molecule has 1 unspecified atom stereocenters. The molecule has 0 amide bonds. The van der Waals surface area contributed by atoms with Crippen molar-refractivity contribution in [3.63, 3.8) is 0 Å². The second kappa shape index (κ2) is 4.74. The van der Waals surface area contributed by atoms with Crippen molar-refractivity contribution in [1.29, 1.82) is 0 Å². The molecule has 0 saturated heterocycles. The first-order chi connectivity index (χ1) is 10.4. The predicted molar refractivity (Wildman–Crippen MR) is 86.8 cm³/mol. The Balaban J connectivity index is 2.09. The lowest BCUT2D eigenvalue weighted by molar-refractivity contribution is 0.112. The third kappa shape index (κ3) is 1.83. The molecule has 2 nitrogen and oxygen atoms in total. The van der Waals surface area contributed by atoms with E-state index in [1.165, 1.54) is 16.4 Å². The van der Waals surface area contributed by atoms with Crippen LogP contribution in [0.15, 0.2) is 66.8 Å². The van der Waals surface area contributed by atoms with E-state index in [1.54, 1.807) is 0 Å². The third-order valence-corrected chi connectivity index (χ3v) is 4.16. The van der Waals surface area contributed by atoms with E-state index in [2.05, 4.69) is 59.2 Å². The number of aromatic nitrogens is 1. The normalized spacial score (nSPS) is 17.6. The molecule has 0 bridgehead atoms. The summed E-state index contributed by atoms with van der Waals surface area (Å²) in [7, 11) is 0. The molecular weight excluding hydrogens is 258 g/mol. The standard InChI is InChI=1S/C19H15NO/c21-13-14-10-11-19-17(12-14)16-8-4-5-9-18(16)20(19)15-6-2-1-3-7-15/h1-6,8-13,15H,7H2. The summed E-state index contributed by atoms with van der Waals surface area (Å²) in [6.07, 6.45) is 10.5. The summed E-state index contributed by atoms with van der Waals surface area (Å²) in [5.41, 5.74) is 3.14. The van der Waals surface area contributed by atoms with E-state index in [4.69, 9.17) is 0 Å². The number of hydrogen-bond acceptors (Lipinski definition) is 1. The van der Waals surface area contributed by atoms with Crippen LogP contribution in [0.2, 0.25) is 0 Å². The first-order valence-corrected chi connectivity index (χ1v) is 7.20. The molecule has 102 valence electrons. The molecule has 0 radical (unpaired) electrons. The van der Waals surface area contributed by atoms with Gasteiger partial charge in [-0.15, -0.1) is 0 Å². The van der Waals surface area contributed by atoms with Crippen LogP contribution in [0.5, 0.6) is 0 Å². The van der Waals surface area contributed by atoms with Gasteiger partial charge < -0.3 is 4.57 Å². The molecule has 1 aromatic heterocycles. The molecule has 2 aromatic carbocycles. The molecular formula is C19H15NO. The average Bonchev–Trinajstić information content (AvgIpc) is 2.89. The smallest absolute Gasteiger partial charge is 0.150 e. The highest BCUT2D eigenvalue weighted by Gasteiger charge is 2.16. The zero-order valence-corrected chi connectivity index (χ0v) is 11.6. The highest BCUT2D eigenvalue weighted by atomic mass is 16.1. The number of nitrogens with zero attached hydrogens (tertiary/aromatic N) is 1. The van der Waals surface area contributed by atoms with Crippen LogP contribution in [0.25, 0.3) is 21.8 Å². The molecule has 1 heterocycles. The van der Waals surface area contributed by atoms with Gasteiger partial charge in [-0.3, -0.25) is 4.79 Å². The van der Waals surface area contributed by atoms with Crippen LogP contribution in [0.4, 0.5) is 0 Å². The maximum Gasteiger partial charge on any atom is 0.150 e. The molecule has 1 aliphatic carbocycles. The topological polar surface area (TPSA) is 22.0 Å². The minimum absolute atomic E-state index is 0.333. The Hall–Kier alpha value is -2.61. The number of carbonyl (C=O) groups excluding carboxylic acids is 1. The summed E-state index contributed by atoms with van der Waals surface area (Å²) >= 11 is 0. The van der Waals surface area contributed by atoms with Crippen molar-refractivity contribution in [2.75, 3.05) is 0 Å². The van der Waals surface area contributed by atoms with E-state index in [-0.39, 0.29) is 0 Å². The Morgan fingerprint density at radius 3 is 2.67 bits per heavy atom. The number of benzene rings is 2. The van der Waals surface area contributed by atoms with E-state index in [9.17, 15) is 4.79 Å². The van der Waals surface area contributed by atoms with E-state index in [1.807, 2.05) is 12.1 Å². The van der Waals surface area contributed by atoms with Crippen LogP contribution in [-0.2, 0) is 0 Å². The fraction of sp³-hybridized carbons (Fsp3) is 0.105. The van der Waals surface area contributed by atoms with Crippen LogP contribution >= 0.6 is 0 Å². The van der Waals surface area contributed by atoms with Crippen molar-refractivity contribution in [2.45, 2.75) is 12.5 Å². The van der Waals surface area contributed by atoms with Crippen LogP contribution in [0.1, 0.15) is 22.8 Å². The van der Waals surface area contributed by atoms with Gasteiger partial charge in [0.1, 0.15) is 6.29 Å². The largest absolute Gasteiger partial charge is 0.333 e. The number of hydrogen-bond donors (Lipinski definition) is 0. The van der Waals surface area contributed by atoms with Gasteiger partial charge in [-0.1, -0.05) is 42.5 Å². The molecule has 21 heavy (non-hydrogen) atoms. The Bertz CT molecular complexity index is 898. The molecule has 0 spiro atoms. The number of fused-ring (bicyclic) bond motifs is 3. The van der Waals surface area contributed by atoms with Crippen molar-refractivity contribution in [2.24, 2.45) is 0 Å². The predicted octanol–water partition coefficient (Wildman–Crippen LogP) is 4.66. The fourth-order valence-corrected chi connectivity index (χ4v) is 3.21. The lowest BCUT2D eigenvalue weighted by Gasteiger charge is -2.18. The minimum Gasteiger partial charge on any atom is -0.333 e. The summed E-state index contributed by atoms with van der Waals surface area (Å²) in [5, 5.41) is 2.36. The van der Waals surface area contributed by atoms with E-state index >= 15 is 0 Å². The molecule has 1 atom stereocenters. The van der Waals surface area contributed by atoms with Gasteiger partial charge in [0.15, 0.2) is 0 Å². The molecule has 0 saturated carbocycles. The maximum atomic E-state index is 11.1. The van der Waals surface area contributed by atoms with Gasteiger partial charge in [-0.05, 0) is 30.7 Å². The van der Waals surface area contributed by atoms with Crippen LogP contribution in [-0.4, -0.2) is 10.9 Å². The van der Waals surface area contributed by atoms with Gasteiger partial charge in [-0.2, -0.15) is 0 Å². The Kier molecular flexibility index (Phi) is 2.74. The first kappa shape index (κ1) is 12.2. The quantitative estimate of drug-likeness (QED) is 0.622. The van der Waals surface area contributed by atoms with Crippen molar-refractivity contribution >= 4 is 28.1 Å². The second-order valence-corrected chi connectivity index (χ2v) is 5.40. The molecule has 4 rings (SSSR count). The summed E-state index contributed by atoms with van der Waals surface area (Å²) < 4.78 is 2.37. The van der Waals surface area contributed by atoms with Gasteiger partial charge in [-0.25, -0.2) is 0 Å². The second-order valence-electron chi connectivity index (χ2n) is 5.40. The Morgan fingerprint density at radius 1 is 1.00 bits per heavy atom. The Labute approximate surface area is 123 Å². The zero-order valence-electron chi connectivity index (χ0n) is 11.6. The third-order valence-electron chi connectivity index (χ3n) is 4.16. The summed E-state index contributed by atoms with van der Waals surface area (Å²) in [5.74, 6) is 0. The summed E-state index contributed by atoms with van der Waals surface area (Å²) in [6.45, 7) is 0. The number of carbonyl (C=O) groups is 1. The van der Waals surface area contributed by atoms with Crippen molar-refractivity contribution in [1.82, 2.24) is 4.57 Å². The lowest BCUT2D eigenvalue weighted by Crippen LogP contribution is -2.06. The van der Waals surface area contributed by atoms with Crippen LogP contribution in [0, 0.1) is 0 Å². The maximum absolute atomic E-state index is 11.1. The number of para-hydroxylation sites is 1. The summed E-state index contributed by atoms with van der Waals surface area (Å²) in [4.78, 5) is 11.1. The molecule has 0 fully saturated rings. The summed E-state index contributed by atoms with van der Waals surface area (Å²) in [6, 6.07) is 14.7. The number of allylic oxidation sites excluding steroid dienone is 4. The van der Waals surface area contributed by atoms with Gasteiger partial charge in [0.05, 0.1) is 6.04 Å². The van der Waals surface area contributed by atoms with E-state index in [0.717, 1.165) is 23.7 Å². The van der Waals surface area contributed by atoms with Gasteiger partial charge in [0.25, 0.3) is 0 Å². The van der Waals surface area contributed by atoms with Crippen molar-refractivity contribution in [3.8, 4) is 0 Å².